The van der Waals surface area contributed by atoms with Crippen molar-refractivity contribution in [3.8, 4) is 0 Å². The van der Waals surface area contributed by atoms with Gasteiger partial charge in [0.05, 0.1) is 6.61 Å². The Bertz CT molecular complexity index is 565. The number of nitrogens with zero attached hydrogens (tertiary/aromatic N) is 1. The van der Waals surface area contributed by atoms with Gasteiger partial charge in [-0.1, -0.05) is 19.9 Å². The Kier molecular flexibility index (Phi) is 7.02. The zero-order chi connectivity index (χ0) is 16.0. The van der Waals surface area contributed by atoms with Crippen LogP contribution in [0.15, 0.2) is 22.9 Å². The second kappa shape index (κ2) is 8.05. The minimum atomic E-state index is -3.62. The molecule has 0 aliphatic rings. The second-order valence-corrected chi connectivity index (χ2v) is 7.92. The maximum atomic E-state index is 12.8. The van der Waals surface area contributed by atoms with Gasteiger partial charge in [0.1, 0.15) is 4.90 Å². The van der Waals surface area contributed by atoms with Crippen molar-refractivity contribution in [2.75, 3.05) is 19.7 Å². The summed E-state index contributed by atoms with van der Waals surface area (Å²) in [5.41, 5.74) is 0.743. The maximum Gasteiger partial charge on any atom is 0.244 e. The van der Waals surface area contributed by atoms with Crippen LogP contribution in [0, 0.1) is 6.92 Å². The minimum Gasteiger partial charge on any atom is -0.395 e. The number of aliphatic hydroxyl groups is 1. The van der Waals surface area contributed by atoms with E-state index in [-0.39, 0.29) is 25.7 Å². The molecule has 0 aliphatic heterocycles. The summed E-state index contributed by atoms with van der Waals surface area (Å²) in [6.07, 6.45) is 1.53. The van der Waals surface area contributed by atoms with Crippen molar-refractivity contribution in [1.82, 2.24) is 9.62 Å². The monoisotopic (exact) mass is 332 g/mol. The third-order valence-electron chi connectivity index (χ3n) is 2.94. The van der Waals surface area contributed by atoms with Crippen molar-refractivity contribution in [3.63, 3.8) is 0 Å². The first-order valence-corrected chi connectivity index (χ1v) is 9.18. The van der Waals surface area contributed by atoms with Crippen LogP contribution in [0.2, 0.25) is 0 Å². The van der Waals surface area contributed by atoms with E-state index in [4.69, 9.17) is 5.11 Å². The highest BCUT2D eigenvalue weighted by Gasteiger charge is 2.28. The van der Waals surface area contributed by atoms with Crippen LogP contribution in [-0.4, -0.2) is 43.6 Å². The SMILES string of the molecule is C=CCN(CCO)S(=O)(=O)c1c(C)csc1CNC(C)C. The number of thiophene rings is 1. The van der Waals surface area contributed by atoms with Gasteiger partial charge in [0.2, 0.25) is 10.0 Å². The summed E-state index contributed by atoms with van der Waals surface area (Å²) in [6, 6.07) is 0.282. The van der Waals surface area contributed by atoms with E-state index in [1.165, 1.54) is 21.7 Å². The highest BCUT2D eigenvalue weighted by atomic mass is 32.2. The molecule has 0 amide bonds. The first-order chi connectivity index (χ1) is 9.84. The molecule has 0 spiro atoms. The molecule has 0 radical (unpaired) electrons. The summed E-state index contributed by atoms with van der Waals surface area (Å²) < 4.78 is 26.9. The lowest BCUT2D eigenvalue weighted by molar-refractivity contribution is 0.260. The molecule has 0 unspecified atom stereocenters. The normalized spacial score (nSPS) is 12.3. The largest absolute Gasteiger partial charge is 0.395 e. The Morgan fingerprint density at radius 1 is 1.52 bits per heavy atom. The molecule has 0 aliphatic carbocycles. The van der Waals surface area contributed by atoms with Gasteiger partial charge in [-0.25, -0.2) is 8.42 Å². The van der Waals surface area contributed by atoms with Crippen molar-refractivity contribution >= 4 is 21.4 Å². The van der Waals surface area contributed by atoms with Crippen LogP contribution < -0.4 is 5.32 Å². The van der Waals surface area contributed by atoms with Gasteiger partial charge in [0, 0.05) is 30.6 Å². The van der Waals surface area contributed by atoms with Crippen LogP contribution in [0.3, 0.4) is 0 Å². The van der Waals surface area contributed by atoms with E-state index in [2.05, 4.69) is 11.9 Å². The molecular weight excluding hydrogens is 308 g/mol. The number of hydrogen-bond donors (Lipinski definition) is 2. The highest BCUT2D eigenvalue weighted by Crippen LogP contribution is 2.29. The number of nitrogens with one attached hydrogen (secondary N) is 1. The average Bonchev–Trinajstić information content (AvgIpc) is 2.78. The van der Waals surface area contributed by atoms with Gasteiger partial charge in [-0.2, -0.15) is 4.31 Å². The van der Waals surface area contributed by atoms with Crippen molar-refractivity contribution in [3.05, 3.63) is 28.5 Å². The minimum absolute atomic E-state index is 0.0701. The van der Waals surface area contributed by atoms with Crippen molar-refractivity contribution in [2.45, 2.75) is 38.3 Å². The van der Waals surface area contributed by atoms with E-state index < -0.39 is 10.0 Å². The molecule has 0 atom stereocenters. The fourth-order valence-electron chi connectivity index (χ4n) is 1.95. The molecule has 1 aromatic rings. The van der Waals surface area contributed by atoms with Crippen LogP contribution in [0.4, 0.5) is 0 Å². The maximum absolute atomic E-state index is 12.8. The van der Waals surface area contributed by atoms with Gasteiger partial charge in [0.25, 0.3) is 0 Å². The van der Waals surface area contributed by atoms with E-state index in [1.807, 2.05) is 19.2 Å². The predicted molar refractivity (Wildman–Crippen MR) is 87.1 cm³/mol. The van der Waals surface area contributed by atoms with E-state index in [1.54, 1.807) is 6.92 Å². The van der Waals surface area contributed by atoms with E-state index in [0.29, 0.717) is 11.4 Å². The molecule has 1 rings (SSSR count). The van der Waals surface area contributed by atoms with Gasteiger partial charge < -0.3 is 10.4 Å². The molecule has 0 saturated carbocycles. The highest BCUT2D eigenvalue weighted by molar-refractivity contribution is 7.89. The molecule has 21 heavy (non-hydrogen) atoms. The molecular formula is C14H24N2O3S2. The smallest absolute Gasteiger partial charge is 0.244 e. The van der Waals surface area contributed by atoms with Gasteiger partial charge in [-0.3, -0.25) is 0 Å². The van der Waals surface area contributed by atoms with Crippen LogP contribution in [0.1, 0.15) is 24.3 Å². The fourth-order valence-corrected chi connectivity index (χ4v) is 5.06. The number of rotatable bonds is 9. The van der Waals surface area contributed by atoms with Gasteiger partial charge in [-0.05, 0) is 17.9 Å². The lowest BCUT2D eigenvalue weighted by Gasteiger charge is -2.21. The number of hydrogen-bond acceptors (Lipinski definition) is 5. The lowest BCUT2D eigenvalue weighted by atomic mass is 10.3. The summed E-state index contributed by atoms with van der Waals surface area (Å²) in [5, 5.41) is 14.2. The molecule has 1 heterocycles. The molecule has 1 aromatic heterocycles. The average molecular weight is 332 g/mol. The standard InChI is InChI=1S/C14H24N2O3S2/c1-5-6-16(7-8-17)21(18,19)14-12(4)10-20-13(14)9-15-11(2)3/h5,10-11,15,17H,1,6-9H2,2-4H3. The molecule has 0 bridgehead atoms. The molecule has 0 fully saturated rings. The van der Waals surface area contributed by atoms with E-state index in [0.717, 1.165) is 10.4 Å². The van der Waals surface area contributed by atoms with Crippen LogP contribution in [0.5, 0.6) is 0 Å². The number of sulfonamides is 1. The van der Waals surface area contributed by atoms with Gasteiger partial charge in [-0.15, -0.1) is 17.9 Å². The summed E-state index contributed by atoms with van der Waals surface area (Å²) in [6.45, 7) is 9.99. The third kappa shape index (κ3) is 4.62. The summed E-state index contributed by atoms with van der Waals surface area (Å²) in [5.74, 6) is 0. The Morgan fingerprint density at radius 2 is 2.19 bits per heavy atom. The third-order valence-corrected chi connectivity index (χ3v) is 6.27. The van der Waals surface area contributed by atoms with E-state index in [9.17, 15) is 8.42 Å². The van der Waals surface area contributed by atoms with Gasteiger partial charge >= 0.3 is 0 Å². The van der Waals surface area contributed by atoms with Crippen molar-refractivity contribution in [2.24, 2.45) is 0 Å². The zero-order valence-electron chi connectivity index (χ0n) is 12.8. The molecule has 120 valence electrons. The summed E-state index contributed by atoms with van der Waals surface area (Å²) in [4.78, 5) is 1.16. The first-order valence-electron chi connectivity index (χ1n) is 6.86. The summed E-state index contributed by atoms with van der Waals surface area (Å²) in [7, 11) is -3.62. The van der Waals surface area contributed by atoms with Crippen LogP contribution in [0.25, 0.3) is 0 Å². The number of aryl methyl sites for hydroxylation is 1. The Labute approximate surface area is 131 Å². The molecule has 0 saturated heterocycles. The van der Waals surface area contributed by atoms with E-state index >= 15 is 0 Å². The topological polar surface area (TPSA) is 69.6 Å². The van der Waals surface area contributed by atoms with Crippen LogP contribution in [-0.2, 0) is 16.6 Å². The predicted octanol–water partition coefficient (Wildman–Crippen LogP) is 1.72. The van der Waals surface area contributed by atoms with Crippen LogP contribution >= 0.6 is 11.3 Å². The Morgan fingerprint density at radius 3 is 2.71 bits per heavy atom. The molecule has 2 N–H and O–H groups in total. The molecule has 0 aromatic carbocycles. The van der Waals surface area contributed by atoms with Crippen molar-refractivity contribution < 1.29 is 13.5 Å². The fraction of sp³-hybridized carbons (Fsp3) is 0.571. The Balaban J connectivity index is 3.16. The molecule has 7 heteroatoms. The molecule has 5 nitrogen and oxygen atoms in total. The Hall–Kier alpha value is -0.730. The zero-order valence-corrected chi connectivity index (χ0v) is 14.4. The van der Waals surface area contributed by atoms with Crippen molar-refractivity contribution in [1.29, 1.82) is 0 Å². The summed E-state index contributed by atoms with van der Waals surface area (Å²) >= 11 is 1.44. The first kappa shape index (κ1) is 18.3. The second-order valence-electron chi connectivity index (χ2n) is 5.08. The number of aliphatic hydroxyl groups excluding tert-OH is 1. The quantitative estimate of drug-likeness (QED) is 0.676. The van der Waals surface area contributed by atoms with Gasteiger partial charge in [0.15, 0.2) is 0 Å². The lowest BCUT2D eigenvalue weighted by Crippen LogP contribution is -2.34.